The molecule has 2 saturated heterocycles. The molecule has 5 unspecified atom stereocenters. The number of ether oxygens (including phenoxy) is 2. The minimum atomic E-state index is -4.36. The number of nitrogens with zero attached hydrogens (tertiary/aromatic N) is 4. The number of aliphatic carboxylic acids is 1. The maximum atomic E-state index is 12.1. The first-order valence-corrected chi connectivity index (χ1v) is 9.90. The van der Waals surface area contributed by atoms with Crippen molar-refractivity contribution in [1.82, 2.24) is 19.5 Å². The Kier molecular flexibility index (Phi) is 6.79. The van der Waals surface area contributed by atoms with Crippen molar-refractivity contribution < 1.29 is 42.7 Å². The fraction of sp³-hybridized carbons (Fsp3) is 0.500. The van der Waals surface area contributed by atoms with Crippen LogP contribution < -0.4 is 5.73 Å². The number of aromatic nitrogens is 4. The van der Waals surface area contributed by atoms with Crippen molar-refractivity contribution in [2.24, 2.45) is 0 Å². The van der Waals surface area contributed by atoms with Crippen molar-refractivity contribution >= 4 is 66.3 Å². The van der Waals surface area contributed by atoms with E-state index in [4.69, 9.17) is 29.4 Å². The summed E-state index contributed by atoms with van der Waals surface area (Å²) in [6.45, 7) is -0.276. The zero-order valence-corrected chi connectivity index (χ0v) is 18.5. The summed E-state index contributed by atoms with van der Waals surface area (Å²) in [5.74, 6) is -1.89. The summed E-state index contributed by atoms with van der Waals surface area (Å²) in [6, 6.07) is 0. The van der Waals surface area contributed by atoms with Crippen LogP contribution in [0.25, 0.3) is 11.2 Å². The second-order valence-corrected chi connectivity index (χ2v) is 7.74. The Balaban J connectivity index is 0.00000256. The number of rotatable bonds is 5. The molecule has 2 aliphatic rings. The number of nitrogens with two attached hydrogens (primary N) is 1. The monoisotopic (exact) mass is 452 g/mol. The van der Waals surface area contributed by atoms with E-state index in [0.29, 0.717) is 0 Å². The molecule has 14 nitrogen and oxygen atoms in total. The first kappa shape index (κ1) is 23.0. The van der Waals surface area contributed by atoms with Gasteiger partial charge in [-0.15, -0.1) is 0 Å². The standard InChI is InChI=1S/C14H16N5O9P.Na/c15-12-9-13(17-4-16-12)19(5-18-9)14-11(27-8(22)2-1-7(20)21)10-6(26-14)3-25-29(23,24)28-10;/h4-6,10-11,14H,1-3H2,(H,20,21)(H,23,24)(H2,15,16,17);. The van der Waals surface area contributed by atoms with Crippen LogP contribution in [0.5, 0.6) is 0 Å². The molecule has 2 aromatic heterocycles. The van der Waals surface area contributed by atoms with E-state index >= 15 is 0 Å². The van der Waals surface area contributed by atoms with Gasteiger partial charge in [0.15, 0.2) is 23.8 Å². The fourth-order valence-corrected chi connectivity index (χ4v) is 4.11. The Morgan fingerprint density at radius 2 is 2.10 bits per heavy atom. The van der Waals surface area contributed by atoms with Gasteiger partial charge in [-0.2, -0.15) is 0 Å². The Labute approximate surface area is 190 Å². The Hall–Kier alpha value is -1.64. The van der Waals surface area contributed by atoms with E-state index in [-0.39, 0.29) is 53.1 Å². The number of esters is 1. The van der Waals surface area contributed by atoms with Crippen molar-refractivity contribution in [3.8, 4) is 0 Å². The topological polar surface area (TPSA) is 198 Å². The number of phosphoric acid groups is 1. The smallest absolute Gasteiger partial charge is 0.472 e. The first-order valence-electron chi connectivity index (χ1n) is 8.40. The molecule has 5 atom stereocenters. The predicted molar refractivity (Wildman–Crippen MR) is 96.8 cm³/mol. The van der Waals surface area contributed by atoms with Crippen LogP contribution in [0.4, 0.5) is 5.82 Å². The molecular weight excluding hydrogens is 436 g/mol. The summed E-state index contributed by atoms with van der Waals surface area (Å²) < 4.78 is 34.3. The summed E-state index contributed by atoms with van der Waals surface area (Å²) in [5.41, 5.74) is 6.34. The largest absolute Gasteiger partial charge is 0.481 e. The molecule has 16 heteroatoms. The molecule has 0 aromatic carbocycles. The molecule has 157 valence electrons. The van der Waals surface area contributed by atoms with Crippen molar-refractivity contribution in [2.45, 2.75) is 37.4 Å². The average Bonchev–Trinajstić information content (AvgIpc) is 3.22. The number of phosphoric ester groups is 1. The van der Waals surface area contributed by atoms with E-state index in [9.17, 15) is 19.0 Å². The first-order chi connectivity index (χ1) is 13.7. The molecule has 0 saturated carbocycles. The maximum absolute atomic E-state index is 12.1. The van der Waals surface area contributed by atoms with E-state index in [2.05, 4.69) is 15.0 Å². The molecule has 4 rings (SSSR count). The summed E-state index contributed by atoms with van der Waals surface area (Å²) in [4.78, 5) is 44.6. The van der Waals surface area contributed by atoms with Crippen LogP contribution in [0.15, 0.2) is 12.7 Å². The van der Waals surface area contributed by atoms with Gasteiger partial charge in [-0.1, -0.05) is 0 Å². The Morgan fingerprint density at radius 1 is 1.33 bits per heavy atom. The summed E-state index contributed by atoms with van der Waals surface area (Å²) in [6.07, 6.45) is -2.48. The van der Waals surface area contributed by atoms with Crippen LogP contribution in [0, 0.1) is 0 Å². The van der Waals surface area contributed by atoms with Crippen molar-refractivity contribution in [2.75, 3.05) is 12.3 Å². The van der Waals surface area contributed by atoms with Gasteiger partial charge in [0.1, 0.15) is 24.1 Å². The van der Waals surface area contributed by atoms with Gasteiger partial charge in [0.25, 0.3) is 0 Å². The zero-order chi connectivity index (χ0) is 20.8. The van der Waals surface area contributed by atoms with E-state index in [0.717, 1.165) is 0 Å². The molecule has 0 spiro atoms. The summed E-state index contributed by atoms with van der Waals surface area (Å²) >= 11 is 0. The number of carbonyl (C=O) groups is 2. The van der Waals surface area contributed by atoms with Gasteiger partial charge in [0, 0.05) is 29.6 Å². The van der Waals surface area contributed by atoms with Crippen molar-refractivity contribution in [3.63, 3.8) is 0 Å². The molecule has 4 N–H and O–H groups in total. The number of anilines is 1. The molecule has 0 aliphatic carbocycles. The second-order valence-electron chi connectivity index (χ2n) is 6.33. The number of carbonyl (C=O) groups excluding carboxylic acids is 1. The molecule has 1 radical (unpaired) electrons. The van der Waals surface area contributed by atoms with Crippen LogP contribution in [0.1, 0.15) is 19.1 Å². The van der Waals surface area contributed by atoms with Gasteiger partial charge in [-0.05, 0) is 0 Å². The van der Waals surface area contributed by atoms with Crippen molar-refractivity contribution in [3.05, 3.63) is 12.7 Å². The predicted octanol–water partition coefficient (Wildman–Crippen LogP) is -0.782. The molecular formula is C14H16N5NaO9P. The maximum Gasteiger partial charge on any atom is 0.472 e. The number of fused-ring (bicyclic) bond motifs is 2. The van der Waals surface area contributed by atoms with Crippen LogP contribution in [-0.2, 0) is 32.7 Å². The third-order valence-electron chi connectivity index (χ3n) is 4.41. The van der Waals surface area contributed by atoms with Gasteiger partial charge in [-0.25, -0.2) is 19.5 Å². The molecule has 4 heterocycles. The quantitative estimate of drug-likeness (QED) is 0.290. The van der Waals surface area contributed by atoms with Crippen molar-refractivity contribution in [1.29, 1.82) is 0 Å². The third kappa shape index (κ3) is 4.50. The summed E-state index contributed by atoms with van der Waals surface area (Å²) in [7, 11) is -4.36. The number of carboxylic acid groups (broad SMARTS) is 1. The van der Waals surface area contributed by atoms with Crippen LogP contribution in [0.2, 0.25) is 0 Å². The van der Waals surface area contributed by atoms with Crippen LogP contribution >= 0.6 is 7.82 Å². The van der Waals surface area contributed by atoms with E-state index in [1.807, 2.05) is 0 Å². The number of imidazole rings is 1. The molecule has 0 bridgehead atoms. The number of hydrogen-bond acceptors (Lipinski definition) is 11. The number of nitrogen functional groups attached to an aromatic ring is 1. The van der Waals surface area contributed by atoms with Crippen LogP contribution in [0.3, 0.4) is 0 Å². The van der Waals surface area contributed by atoms with Gasteiger partial charge in [0.05, 0.1) is 25.8 Å². The van der Waals surface area contributed by atoms with E-state index < -0.39 is 57.1 Å². The normalized spacial score (nSPS) is 30.4. The van der Waals surface area contributed by atoms with E-state index in [1.165, 1.54) is 17.2 Å². The van der Waals surface area contributed by atoms with E-state index in [1.54, 1.807) is 0 Å². The molecule has 2 fully saturated rings. The molecule has 0 amide bonds. The third-order valence-corrected chi connectivity index (χ3v) is 5.40. The summed E-state index contributed by atoms with van der Waals surface area (Å²) in [5, 5.41) is 8.74. The number of carboxylic acids is 1. The Morgan fingerprint density at radius 3 is 2.83 bits per heavy atom. The number of hydrogen-bond donors (Lipinski definition) is 3. The minimum absolute atomic E-state index is 0. The van der Waals surface area contributed by atoms with Gasteiger partial charge >= 0.3 is 19.8 Å². The minimum Gasteiger partial charge on any atom is -0.481 e. The van der Waals surface area contributed by atoms with Gasteiger partial charge < -0.3 is 25.2 Å². The Bertz CT molecular complexity index is 1020. The van der Waals surface area contributed by atoms with Gasteiger partial charge in [-0.3, -0.25) is 23.2 Å². The van der Waals surface area contributed by atoms with Crippen LogP contribution in [-0.4, -0.2) is 95.9 Å². The molecule has 2 aliphatic heterocycles. The average molecular weight is 452 g/mol. The second kappa shape index (κ2) is 8.85. The fourth-order valence-electron chi connectivity index (χ4n) is 3.15. The molecule has 30 heavy (non-hydrogen) atoms. The SMILES string of the molecule is Nc1ncnc2c1ncn2C1OC2COP(=O)(O)OC2C1OC(=O)CCC(=O)O.[Na]. The zero-order valence-electron chi connectivity index (χ0n) is 15.7. The molecule has 2 aromatic rings. The van der Waals surface area contributed by atoms with Gasteiger partial charge in [0.2, 0.25) is 0 Å².